The summed E-state index contributed by atoms with van der Waals surface area (Å²) in [6, 6.07) is 2.93. The first-order valence-electron chi connectivity index (χ1n) is 10.1. The molecule has 0 radical (unpaired) electrons. The third kappa shape index (κ3) is 3.25. The van der Waals surface area contributed by atoms with Crippen LogP contribution in [0.1, 0.15) is 78.3 Å². The number of Topliss-reactive ketones (excluding diaryl/α,β-unsaturated/α-hetero) is 1. The number of hydrogen-bond donors (Lipinski definition) is 2. The Bertz CT molecular complexity index is 1120. The van der Waals surface area contributed by atoms with E-state index in [0.29, 0.717) is 16.9 Å². The maximum atomic E-state index is 13.3. The molecule has 31 heavy (non-hydrogen) atoms. The molecule has 1 aromatic heterocycles. The molecule has 1 saturated heterocycles. The fourth-order valence-corrected chi connectivity index (χ4v) is 5.66. The van der Waals surface area contributed by atoms with Gasteiger partial charge in [-0.2, -0.15) is 0 Å². The molecule has 4 rings (SSSR count). The molecular weight excluding hydrogens is 418 g/mol. The van der Waals surface area contributed by atoms with E-state index in [9.17, 15) is 24.6 Å². The van der Waals surface area contributed by atoms with Gasteiger partial charge in [0, 0.05) is 27.6 Å². The normalized spacial score (nSPS) is 25.5. The Morgan fingerprint density at radius 3 is 2.45 bits per heavy atom. The molecule has 2 aliphatic rings. The molecule has 1 fully saturated rings. The lowest BCUT2D eigenvalue weighted by atomic mass is 9.81. The lowest BCUT2D eigenvalue weighted by Crippen LogP contribution is -2.50. The highest BCUT2D eigenvalue weighted by molar-refractivity contribution is 7.15. The standard InChI is InChI=1S/C23H25NO6S/c1-9(25)23-18-16(11(3)31-23)22(29)17-13(21(18)28)7-6-12(20(17)27)15-8-14(24(4)5)19(26)10(2)30-15/h6-7,10,14-15,19,26-27H,8H2,1-5H3. The molecule has 2 N–H and O–H groups in total. The van der Waals surface area contributed by atoms with E-state index in [1.807, 2.05) is 19.0 Å². The molecule has 4 unspecified atom stereocenters. The van der Waals surface area contributed by atoms with Crippen molar-refractivity contribution in [2.45, 2.75) is 51.5 Å². The molecule has 8 heteroatoms. The average molecular weight is 444 g/mol. The van der Waals surface area contributed by atoms with Crippen LogP contribution < -0.4 is 0 Å². The van der Waals surface area contributed by atoms with Gasteiger partial charge in [0.2, 0.25) is 0 Å². The van der Waals surface area contributed by atoms with E-state index in [1.165, 1.54) is 13.0 Å². The Hall–Kier alpha value is -2.39. The summed E-state index contributed by atoms with van der Waals surface area (Å²) >= 11 is 1.13. The van der Waals surface area contributed by atoms with Gasteiger partial charge in [-0.1, -0.05) is 6.07 Å². The van der Waals surface area contributed by atoms with Crippen LogP contribution in [0.25, 0.3) is 0 Å². The summed E-state index contributed by atoms with van der Waals surface area (Å²) in [7, 11) is 3.73. The van der Waals surface area contributed by atoms with Crippen LogP contribution in [-0.2, 0) is 4.74 Å². The molecular formula is C23H25NO6S. The van der Waals surface area contributed by atoms with Gasteiger partial charge >= 0.3 is 0 Å². The number of benzene rings is 1. The van der Waals surface area contributed by atoms with Crippen molar-refractivity contribution in [3.63, 3.8) is 0 Å². The number of hydrogen-bond acceptors (Lipinski definition) is 8. The fraction of sp³-hybridized carbons (Fsp3) is 0.435. The van der Waals surface area contributed by atoms with Crippen molar-refractivity contribution in [2.75, 3.05) is 14.1 Å². The Morgan fingerprint density at radius 2 is 1.84 bits per heavy atom. The minimum Gasteiger partial charge on any atom is -0.507 e. The maximum Gasteiger partial charge on any atom is 0.199 e. The first-order chi connectivity index (χ1) is 14.5. The smallest absolute Gasteiger partial charge is 0.199 e. The molecule has 7 nitrogen and oxygen atoms in total. The van der Waals surface area contributed by atoms with Crippen molar-refractivity contribution in [1.82, 2.24) is 4.90 Å². The Morgan fingerprint density at radius 1 is 1.16 bits per heavy atom. The van der Waals surface area contributed by atoms with Crippen molar-refractivity contribution in [3.8, 4) is 5.75 Å². The highest BCUT2D eigenvalue weighted by Crippen LogP contribution is 2.44. The first kappa shape index (κ1) is 21.8. The Balaban J connectivity index is 1.82. The molecule has 2 heterocycles. The third-order valence-corrected chi connectivity index (χ3v) is 7.46. The number of aliphatic hydroxyl groups is 1. The highest BCUT2D eigenvalue weighted by atomic mass is 32.1. The number of carbonyl (C=O) groups excluding carboxylic acids is 3. The van der Waals surface area contributed by atoms with Crippen LogP contribution >= 0.6 is 11.3 Å². The van der Waals surface area contributed by atoms with E-state index in [4.69, 9.17) is 4.74 Å². The number of aliphatic hydroxyl groups excluding tert-OH is 1. The van der Waals surface area contributed by atoms with E-state index >= 15 is 0 Å². The Kier molecular flexibility index (Phi) is 5.37. The summed E-state index contributed by atoms with van der Waals surface area (Å²) in [5.41, 5.74) is 0.785. The number of rotatable bonds is 3. The zero-order valence-electron chi connectivity index (χ0n) is 18.1. The lowest BCUT2D eigenvalue weighted by molar-refractivity contribution is -0.142. The topological polar surface area (TPSA) is 104 Å². The monoisotopic (exact) mass is 443 g/mol. The number of ketones is 3. The van der Waals surface area contributed by atoms with Gasteiger partial charge in [0.05, 0.1) is 34.3 Å². The number of likely N-dealkylation sites (N-methyl/N-ethyl adjacent to an activating group) is 1. The number of ether oxygens (including phenoxy) is 1. The molecule has 1 aromatic carbocycles. The number of aryl methyl sites for hydroxylation is 1. The number of phenols is 1. The molecule has 0 bridgehead atoms. The van der Waals surface area contributed by atoms with Crippen molar-refractivity contribution in [1.29, 1.82) is 0 Å². The van der Waals surface area contributed by atoms with Crippen molar-refractivity contribution in [2.24, 2.45) is 0 Å². The molecule has 164 valence electrons. The van der Waals surface area contributed by atoms with E-state index in [1.54, 1.807) is 19.9 Å². The number of aromatic hydroxyl groups is 1. The van der Waals surface area contributed by atoms with Crippen molar-refractivity contribution < 1.29 is 29.3 Å². The van der Waals surface area contributed by atoms with Crippen LogP contribution in [0.2, 0.25) is 0 Å². The van der Waals surface area contributed by atoms with Crippen molar-refractivity contribution in [3.05, 3.63) is 49.7 Å². The molecule has 0 saturated carbocycles. The van der Waals surface area contributed by atoms with Crippen LogP contribution in [0.15, 0.2) is 12.1 Å². The molecule has 1 aliphatic heterocycles. The second-order valence-corrected chi connectivity index (χ2v) is 9.69. The van der Waals surface area contributed by atoms with Crippen LogP contribution in [0.3, 0.4) is 0 Å². The lowest BCUT2D eigenvalue weighted by Gasteiger charge is -2.41. The predicted octanol–water partition coefficient (Wildman–Crippen LogP) is 2.88. The second-order valence-electron chi connectivity index (χ2n) is 8.46. The summed E-state index contributed by atoms with van der Waals surface area (Å²) in [5, 5.41) is 21.5. The van der Waals surface area contributed by atoms with Crippen LogP contribution in [0.4, 0.5) is 0 Å². The van der Waals surface area contributed by atoms with E-state index < -0.39 is 29.9 Å². The second kappa shape index (κ2) is 7.63. The molecule has 4 atom stereocenters. The van der Waals surface area contributed by atoms with Gasteiger partial charge in [-0.3, -0.25) is 14.4 Å². The third-order valence-electron chi connectivity index (χ3n) is 6.26. The quantitative estimate of drug-likeness (QED) is 0.600. The van der Waals surface area contributed by atoms with Gasteiger partial charge in [0.25, 0.3) is 0 Å². The molecule has 0 amide bonds. The van der Waals surface area contributed by atoms with Gasteiger partial charge < -0.3 is 19.8 Å². The van der Waals surface area contributed by atoms with Crippen molar-refractivity contribution >= 4 is 28.7 Å². The van der Waals surface area contributed by atoms with Gasteiger partial charge in [-0.05, 0) is 47.4 Å². The molecule has 1 aliphatic carbocycles. The van der Waals surface area contributed by atoms with Gasteiger partial charge in [0.15, 0.2) is 17.3 Å². The zero-order valence-corrected chi connectivity index (χ0v) is 18.9. The summed E-state index contributed by atoms with van der Waals surface area (Å²) < 4.78 is 5.95. The average Bonchev–Trinajstić information content (AvgIpc) is 3.06. The minimum absolute atomic E-state index is 0.0465. The van der Waals surface area contributed by atoms with E-state index in [2.05, 4.69) is 0 Å². The van der Waals surface area contributed by atoms with Crippen LogP contribution in [0, 0.1) is 6.92 Å². The zero-order chi connectivity index (χ0) is 22.8. The number of carbonyl (C=O) groups is 3. The van der Waals surface area contributed by atoms with Gasteiger partial charge in [0.1, 0.15) is 5.75 Å². The van der Waals surface area contributed by atoms with Gasteiger partial charge in [-0.25, -0.2) is 0 Å². The van der Waals surface area contributed by atoms with E-state index in [0.717, 1.165) is 11.3 Å². The molecule has 2 aromatic rings. The number of nitrogens with zero attached hydrogens (tertiary/aromatic N) is 1. The highest BCUT2D eigenvalue weighted by Gasteiger charge is 2.41. The first-order valence-corrected chi connectivity index (χ1v) is 11.0. The fourth-order valence-electron chi connectivity index (χ4n) is 4.61. The number of thiophene rings is 1. The van der Waals surface area contributed by atoms with Crippen LogP contribution in [0.5, 0.6) is 5.75 Å². The number of fused-ring (bicyclic) bond motifs is 2. The largest absolute Gasteiger partial charge is 0.507 e. The van der Waals surface area contributed by atoms with E-state index in [-0.39, 0.29) is 44.7 Å². The van der Waals surface area contributed by atoms with Crippen LogP contribution in [-0.4, -0.2) is 64.8 Å². The van der Waals surface area contributed by atoms with Gasteiger partial charge in [-0.15, -0.1) is 11.3 Å². The summed E-state index contributed by atoms with van der Waals surface area (Å²) in [6.07, 6.45) is -1.28. The predicted molar refractivity (Wildman–Crippen MR) is 115 cm³/mol. The maximum absolute atomic E-state index is 13.3. The summed E-state index contributed by atoms with van der Waals surface area (Å²) in [6.45, 7) is 4.83. The summed E-state index contributed by atoms with van der Waals surface area (Å²) in [4.78, 5) is 41.3. The minimum atomic E-state index is -0.685. The Labute approximate surface area is 184 Å². The number of phenolic OH excluding ortho intramolecular Hbond substituents is 1. The molecule has 0 spiro atoms. The SMILES string of the molecule is CC(=O)c1sc(C)c2c1C(=O)c1ccc(C3CC(N(C)C)C(O)C(C)O3)c(O)c1C2=O. The summed E-state index contributed by atoms with van der Waals surface area (Å²) in [5.74, 6) is -1.43.